The van der Waals surface area contributed by atoms with Crippen LogP contribution in [0.3, 0.4) is 0 Å². The van der Waals surface area contributed by atoms with Gasteiger partial charge in [-0.25, -0.2) is 4.79 Å². The molecule has 0 unspecified atom stereocenters. The smallest absolute Gasteiger partial charge is 0.356 e. The van der Waals surface area contributed by atoms with Crippen LogP contribution in [-0.4, -0.2) is 22.6 Å². The molecule has 3 N–H and O–H groups in total. The first-order chi connectivity index (χ1) is 5.16. The second-order valence-electron chi connectivity index (χ2n) is 1.95. The molecular weight excluding hydrogens is 170 g/mol. The fraction of sp³-hybridized carbons (Fsp3) is 0.400. The summed E-state index contributed by atoms with van der Waals surface area (Å²) in [6, 6.07) is 0. The summed E-state index contributed by atoms with van der Waals surface area (Å²) in [4.78, 5) is 10.4. The molecule has 1 heterocycles. The van der Waals surface area contributed by atoms with Crippen molar-refractivity contribution in [3.05, 3.63) is 10.9 Å². The summed E-state index contributed by atoms with van der Waals surface area (Å²) >= 11 is 5.64. The van der Waals surface area contributed by atoms with Crippen LogP contribution in [0, 0.1) is 0 Å². The monoisotopic (exact) mass is 177 g/mol. The summed E-state index contributed by atoms with van der Waals surface area (Å²) in [6.07, 6.45) is 0. The molecule has 0 aromatic carbocycles. The normalized spacial score (nSPS) is 17.1. The van der Waals surface area contributed by atoms with Gasteiger partial charge in [-0.1, -0.05) is 11.6 Å². The third-order valence-electron chi connectivity index (χ3n) is 1.29. The molecule has 0 aliphatic carbocycles. The van der Waals surface area contributed by atoms with Gasteiger partial charge in [0.05, 0.1) is 0 Å². The predicted molar refractivity (Wildman–Crippen MR) is 39.2 cm³/mol. The van der Waals surface area contributed by atoms with Crippen LogP contribution in [0.2, 0.25) is 0 Å². The van der Waals surface area contributed by atoms with Crippen LogP contribution >= 0.6 is 11.6 Å². The van der Waals surface area contributed by atoms with Crippen molar-refractivity contribution in [1.82, 2.24) is 16.0 Å². The highest BCUT2D eigenvalue weighted by atomic mass is 35.5. The zero-order valence-corrected chi connectivity index (χ0v) is 6.64. The molecule has 0 radical (unpaired) electrons. The number of nitrogens with one attached hydrogen (secondary N) is 2. The highest BCUT2D eigenvalue weighted by Crippen LogP contribution is 2.14. The van der Waals surface area contributed by atoms with E-state index in [1.807, 2.05) is 6.92 Å². The average molecular weight is 178 g/mol. The number of rotatable bonds is 2. The van der Waals surface area contributed by atoms with E-state index in [9.17, 15) is 4.79 Å². The molecule has 6 heteroatoms. The Kier molecular flexibility index (Phi) is 2.21. The van der Waals surface area contributed by atoms with Crippen molar-refractivity contribution in [1.29, 1.82) is 0 Å². The SMILES string of the molecule is CCN1NNC(C(=O)O)=C1Cl. The first-order valence-corrected chi connectivity index (χ1v) is 3.47. The third kappa shape index (κ3) is 1.38. The van der Waals surface area contributed by atoms with E-state index in [4.69, 9.17) is 16.7 Å². The Morgan fingerprint density at radius 1 is 1.82 bits per heavy atom. The largest absolute Gasteiger partial charge is 0.476 e. The molecule has 1 rings (SSSR count). The lowest BCUT2D eigenvalue weighted by molar-refractivity contribution is -0.133. The number of aliphatic carboxylic acids is 1. The lowest BCUT2D eigenvalue weighted by Crippen LogP contribution is -2.37. The molecule has 0 aromatic rings. The van der Waals surface area contributed by atoms with E-state index in [-0.39, 0.29) is 10.9 Å². The minimum Gasteiger partial charge on any atom is -0.476 e. The van der Waals surface area contributed by atoms with Gasteiger partial charge in [-0.3, -0.25) is 10.4 Å². The molecule has 1 aliphatic rings. The van der Waals surface area contributed by atoms with Crippen LogP contribution in [0.4, 0.5) is 0 Å². The van der Waals surface area contributed by atoms with E-state index in [1.165, 1.54) is 5.01 Å². The van der Waals surface area contributed by atoms with E-state index in [0.717, 1.165) is 0 Å². The van der Waals surface area contributed by atoms with Gasteiger partial charge in [0, 0.05) is 6.54 Å². The average Bonchev–Trinajstić information content (AvgIpc) is 2.30. The summed E-state index contributed by atoms with van der Waals surface area (Å²) in [5.74, 6) is -1.07. The molecule has 1 aliphatic heterocycles. The summed E-state index contributed by atoms with van der Waals surface area (Å²) in [5, 5.41) is 10.2. The van der Waals surface area contributed by atoms with Gasteiger partial charge in [0.1, 0.15) is 0 Å². The summed E-state index contributed by atoms with van der Waals surface area (Å²) in [7, 11) is 0. The first kappa shape index (κ1) is 8.16. The maximum Gasteiger partial charge on any atom is 0.356 e. The number of hydrazine groups is 2. The van der Waals surface area contributed by atoms with Crippen LogP contribution in [0.5, 0.6) is 0 Å². The Balaban J connectivity index is 2.80. The van der Waals surface area contributed by atoms with Gasteiger partial charge in [-0.15, -0.1) is 5.53 Å². The van der Waals surface area contributed by atoms with Gasteiger partial charge in [-0.05, 0) is 6.92 Å². The van der Waals surface area contributed by atoms with Crippen molar-refractivity contribution >= 4 is 17.6 Å². The molecule has 0 aromatic heterocycles. The van der Waals surface area contributed by atoms with E-state index >= 15 is 0 Å². The quantitative estimate of drug-likeness (QED) is 0.511. The van der Waals surface area contributed by atoms with Gasteiger partial charge in [0.2, 0.25) is 0 Å². The van der Waals surface area contributed by atoms with Crippen molar-refractivity contribution in [3.8, 4) is 0 Å². The Labute approximate surface area is 68.6 Å². The fourth-order valence-corrected chi connectivity index (χ4v) is 1.01. The number of halogens is 1. The molecular formula is C5H8ClN3O2. The van der Waals surface area contributed by atoms with Gasteiger partial charge in [-0.2, -0.15) is 0 Å². The molecule has 0 saturated carbocycles. The van der Waals surface area contributed by atoms with E-state index in [0.29, 0.717) is 6.54 Å². The zero-order chi connectivity index (χ0) is 8.43. The van der Waals surface area contributed by atoms with Crippen molar-refractivity contribution in [2.24, 2.45) is 0 Å². The van der Waals surface area contributed by atoms with Crippen molar-refractivity contribution in [3.63, 3.8) is 0 Å². The number of carbonyl (C=O) groups is 1. The predicted octanol–water partition coefficient (Wildman–Crippen LogP) is -0.176. The van der Waals surface area contributed by atoms with Gasteiger partial charge in [0.25, 0.3) is 0 Å². The molecule has 0 fully saturated rings. The van der Waals surface area contributed by atoms with E-state index in [2.05, 4.69) is 11.0 Å². The zero-order valence-electron chi connectivity index (χ0n) is 5.89. The highest BCUT2D eigenvalue weighted by molar-refractivity contribution is 6.31. The van der Waals surface area contributed by atoms with Crippen LogP contribution in [0.25, 0.3) is 0 Å². The van der Waals surface area contributed by atoms with Crippen molar-refractivity contribution in [2.45, 2.75) is 6.92 Å². The Morgan fingerprint density at radius 2 is 2.45 bits per heavy atom. The lowest BCUT2D eigenvalue weighted by atomic mass is 10.5. The molecule has 62 valence electrons. The standard InChI is InChI=1S/C5H8ClN3O2/c1-2-9-4(6)3(5(10)11)7-8-9/h7-8H,2H2,1H3,(H,10,11). The Morgan fingerprint density at radius 3 is 2.73 bits per heavy atom. The Bertz CT molecular complexity index is 216. The maximum atomic E-state index is 10.4. The lowest BCUT2D eigenvalue weighted by Gasteiger charge is -2.13. The van der Waals surface area contributed by atoms with Crippen LogP contribution < -0.4 is 11.0 Å². The molecule has 0 saturated heterocycles. The Hall–Kier alpha value is -0.940. The number of hydrogen-bond acceptors (Lipinski definition) is 4. The maximum absolute atomic E-state index is 10.4. The second-order valence-corrected chi connectivity index (χ2v) is 2.31. The number of hydrogen-bond donors (Lipinski definition) is 3. The third-order valence-corrected chi connectivity index (χ3v) is 1.68. The van der Waals surface area contributed by atoms with Crippen LogP contribution in [0.15, 0.2) is 10.9 Å². The minimum atomic E-state index is -1.07. The number of carboxylic acids is 1. The van der Waals surface area contributed by atoms with Crippen LogP contribution in [-0.2, 0) is 4.79 Å². The molecule has 0 amide bonds. The summed E-state index contributed by atoms with van der Waals surface area (Å²) in [6.45, 7) is 2.45. The molecule has 0 spiro atoms. The second kappa shape index (κ2) is 2.98. The summed E-state index contributed by atoms with van der Waals surface area (Å²) in [5.41, 5.74) is 4.99. The van der Waals surface area contributed by atoms with E-state index in [1.54, 1.807) is 0 Å². The van der Waals surface area contributed by atoms with Crippen LogP contribution in [0.1, 0.15) is 6.92 Å². The van der Waals surface area contributed by atoms with Gasteiger partial charge < -0.3 is 5.11 Å². The molecule has 11 heavy (non-hydrogen) atoms. The highest BCUT2D eigenvalue weighted by Gasteiger charge is 2.23. The number of nitrogens with zero attached hydrogens (tertiary/aromatic N) is 1. The van der Waals surface area contributed by atoms with Crippen molar-refractivity contribution in [2.75, 3.05) is 6.54 Å². The first-order valence-electron chi connectivity index (χ1n) is 3.09. The van der Waals surface area contributed by atoms with E-state index < -0.39 is 5.97 Å². The summed E-state index contributed by atoms with van der Waals surface area (Å²) < 4.78 is 0. The van der Waals surface area contributed by atoms with Gasteiger partial charge in [0.15, 0.2) is 10.9 Å². The number of carboxylic acid groups (broad SMARTS) is 1. The molecule has 0 atom stereocenters. The van der Waals surface area contributed by atoms with Gasteiger partial charge >= 0.3 is 5.97 Å². The fourth-order valence-electron chi connectivity index (χ4n) is 0.719. The minimum absolute atomic E-state index is 0.0199. The topological polar surface area (TPSA) is 64.6 Å². The van der Waals surface area contributed by atoms with Crippen molar-refractivity contribution < 1.29 is 9.90 Å². The molecule has 5 nitrogen and oxygen atoms in total. The molecule has 0 bridgehead atoms.